The highest BCUT2D eigenvalue weighted by molar-refractivity contribution is 7.92. The molecule has 1 saturated heterocycles. The molecular formula is C27H28Cl2N4O4S. The maximum atomic E-state index is 13.0. The predicted octanol–water partition coefficient (Wildman–Crippen LogP) is 4.69. The Hall–Kier alpha value is -3.11. The van der Waals surface area contributed by atoms with Gasteiger partial charge in [0.1, 0.15) is 0 Å². The number of likely N-dealkylation sites (tertiary alicyclic amines) is 1. The van der Waals surface area contributed by atoms with Crippen molar-refractivity contribution < 1.29 is 18.0 Å². The molecule has 1 aliphatic rings. The molecule has 8 nitrogen and oxygen atoms in total. The zero-order valence-electron chi connectivity index (χ0n) is 21.1. The molecule has 0 bridgehead atoms. The number of urea groups is 1. The summed E-state index contributed by atoms with van der Waals surface area (Å²) in [6.45, 7) is 2.65. The van der Waals surface area contributed by atoms with E-state index in [-0.39, 0.29) is 17.6 Å². The second kappa shape index (κ2) is 10.9. The monoisotopic (exact) mass is 574 g/mol. The van der Waals surface area contributed by atoms with Gasteiger partial charge in [0.25, 0.3) is 5.91 Å². The van der Waals surface area contributed by atoms with Crippen molar-refractivity contribution >= 4 is 50.9 Å². The molecule has 0 aliphatic carbocycles. The average Bonchev–Trinajstić information content (AvgIpc) is 2.82. The number of sulfonamides is 1. The molecule has 0 spiro atoms. The third kappa shape index (κ3) is 5.96. The molecule has 3 amide bonds. The SMILES string of the molecule is Cc1cc(C(=O)N(C)C(N)=O)cc(N(C2CN(C(c3ccc(Cl)cc3)c3ccc(Cl)cc3)C2)S(C)(=O)=O)c1. The van der Waals surface area contributed by atoms with Crippen LogP contribution in [-0.2, 0) is 10.0 Å². The van der Waals surface area contributed by atoms with E-state index in [2.05, 4.69) is 4.90 Å². The number of amides is 3. The smallest absolute Gasteiger partial charge is 0.321 e. The van der Waals surface area contributed by atoms with Gasteiger partial charge in [-0.3, -0.25) is 18.9 Å². The number of halogens is 2. The van der Waals surface area contributed by atoms with Gasteiger partial charge < -0.3 is 5.73 Å². The maximum absolute atomic E-state index is 13.0. The highest BCUT2D eigenvalue weighted by Crippen LogP contribution is 2.37. The van der Waals surface area contributed by atoms with E-state index in [0.717, 1.165) is 22.3 Å². The molecule has 2 N–H and O–H groups in total. The number of carbonyl (C=O) groups is 2. The largest absolute Gasteiger partial charge is 0.351 e. The highest BCUT2D eigenvalue weighted by Gasteiger charge is 2.41. The number of aryl methyl sites for hydroxylation is 1. The minimum absolute atomic E-state index is 0.138. The van der Waals surface area contributed by atoms with Gasteiger partial charge in [0.15, 0.2) is 0 Å². The number of nitrogens with zero attached hydrogens (tertiary/aromatic N) is 3. The lowest BCUT2D eigenvalue weighted by Crippen LogP contribution is -2.61. The van der Waals surface area contributed by atoms with Crippen molar-refractivity contribution in [3.63, 3.8) is 0 Å². The van der Waals surface area contributed by atoms with Gasteiger partial charge in [-0.2, -0.15) is 0 Å². The number of rotatable bonds is 7. The highest BCUT2D eigenvalue weighted by atomic mass is 35.5. The molecular weight excluding hydrogens is 547 g/mol. The van der Waals surface area contributed by atoms with Crippen LogP contribution in [0.15, 0.2) is 66.7 Å². The molecule has 1 aliphatic heterocycles. The first-order valence-corrected chi connectivity index (χ1v) is 14.4. The van der Waals surface area contributed by atoms with E-state index in [9.17, 15) is 18.0 Å². The minimum atomic E-state index is -3.71. The van der Waals surface area contributed by atoms with Crippen molar-refractivity contribution in [2.45, 2.75) is 19.0 Å². The fraction of sp³-hybridized carbons (Fsp3) is 0.259. The second-order valence-electron chi connectivity index (χ2n) is 9.43. The van der Waals surface area contributed by atoms with Gasteiger partial charge in [-0.15, -0.1) is 0 Å². The van der Waals surface area contributed by atoms with Crippen molar-refractivity contribution in [2.24, 2.45) is 5.73 Å². The topological polar surface area (TPSA) is 104 Å². The standard InChI is InChI=1S/C27H28Cl2N4O4S/c1-17-12-20(26(34)31(2)27(30)35)14-23(13-17)33(38(3,36)37)24-15-32(16-24)25(18-4-8-21(28)9-5-18)19-6-10-22(29)11-7-19/h4-14,24-25H,15-16H2,1-3H3,(H2,30,35). The van der Waals surface area contributed by atoms with Gasteiger partial charge >= 0.3 is 6.03 Å². The second-order valence-corrected chi connectivity index (χ2v) is 12.2. The van der Waals surface area contributed by atoms with Crippen LogP contribution in [0.2, 0.25) is 10.0 Å². The quantitative estimate of drug-likeness (QED) is 0.440. The minimum Gasteiger partial charge on any atom is -0.351 e. The first kappa shape index (κ1) is 27.9. The number of carbonyl (C=O) groups excluding carboxylic acids is 2. The Bertz CT molecular complexity index is 1410. The number of primary amides is 1. The molecule has 0 saturated carbocycles. The molecule has 0 unspecified atom stereocenters. The lowest BCUT2D eigenvalue weighted by atomic mass is 9.93. The summed E-state index contributed by atoms with van der Waals surface area (Å²) in [7, 11) is -2.43. The zero-order chi connectivity index (χ0) is 27.8. The number of imide groups is 1. The Kier molecular flexibility index (Phi) is 8.04. The summed E-state index contributed by atoms with van der Waals surface area (Å²) in [4.78, 5) is 27.2. The van der Waals surface area contributed by atoms with Crippen LogP contribution in [0.4, 0.5) is 10.5 Å². The normalized spacial score (nSPS) is 14.3. The summed E-state index contributed by atoms with van der Waals surface area (Å²) in [5, 5.41) is 1.25. The van der Waals surface area contributed by atoms with Crippen LogP contribution in [0.25, 0.3) is 0 Å². The first-order chi connectivity index (χ1) is 17.8. The van der Waals surface area contributed by atoms with Crippen LogP contribution < -0.4 is 10.0 Å². The lowest BCUT2D eigenvalue weighted by Gasteiger charge is -2.49. The number of hydrogen-bond donors (Lipinski definition) is 1. The third-order valence-electron chi connectivity index (χ3n) is 6.51. The third-order valence-corrected chi connectivity index (χ3v) is 8.24. The summed E-state index contributed by atoms with van der Waals surface area (Å²) >= 11 is 12.2. The van der Waals surface area contributed by atoms with Crippen LogP contribution in [-0.4, -0.2) is 62.6 Å². The molecule has 0 aromatic heterocycles. The van der Waals surface area contributed by atoms with Crippen LogP contribution in [0, 0.1) is 6.92 Å². The Morgan fingerprint density at radius 2 is 1.45 bits per heavy atom. The van der Waals surface area contributed by atoms with Crippen molar-refractivity contribution in [3.8, 4) is 0 Å². The van der Waals surface area contributed by atoms with Crippen LogP contribution in [0.3, 0.4) is 0 Å². The molecule has 1 heterocycles. The van der Waals surface area contributed by atoms with E-state index in [1.807, 2.05) is 48.5 Å². The first-order valence-electron chi connectivity index (χ1n) is 11.8. The Morgan fingerprint density at radius 1 is 0.947 bits per heavy atom. The Balaban J connectivity index is 1.66. The molecule has 0 atom stereocenters. The summed E-state index contributed by atoms with van der Waals surface area (Å²) in [6, 6.07) is 18.5. The van der Waals surface area contributed by atoms with Gasteiger partial charge in [0.05, 0.1) is 24.0 Å². The lowest BCUT2D eigenvalue weighted by molar-refractivity contribution is 0.0837. The van der Waals surface area contributed by atoms with E-state index in [4.69, 9.17) is 28.9 Å². The van der Waals surface area contributed by atoms with E-state index in [1.54, 1.807) is 19.1 Å². The molecule has 1 fully saturated rings. The summed E-state index contributed by atoms with van der Waals surface area (Å²) in [5.41, 5.74) is 8.48. The summed E-state index contributed by atoms with van der Waals surface area (Å²) < 4.78 is 27.3. The van der Waals surface area contributed by atoms with E-state index in [1.165, 1.54) is 17.4 Å². The fourth-order valence-electron chi connectivity index (χ4n) is 4.73. The van der Waals surface area contributed by atoms with E-state index < -0.39 is 22.0 Å². The van der Waals surface area contributed by atoms with Crippen molar-refractivity contribution in [1.29, 1.82) is 0 Å². The van der Waals surface area contributed by atoms with E-state index >= 15 is 0 Å². The van der Waals surface area contributed by atoms with Gasteiger partial charge in [0.2, 0.25) is 10.0 Å². The molecule has 4 rings (SSSR count). The maximum Gasteiger partial charge on any atom is 0.321 e. The van der Waals surface area contributed by atoms with Crippen LogP contribution in [0.5, 0.6) is 0 Å². The zero-order valence-corrected chi connectivity index (χ0v) is 23.5. The van der Waals surface area contributed by atoms with Crippen LogP contribution >= 0.6 is 23.2 Å². The van der Waals surface area contributed by atoms with Gasteiger partial charge in [0, 0.05) is 35.7 Å². The Labute approximate surface area is 232 Å². The fourth-order valence-corrected chi connectivity index (χ4v) is 6.15. The summed E-state index contributed by atoms with van der Waals surface area (Å²) in [5.74, 6) is -0.614. The Morgan fingerprint density at radius 3 is 1.89 bits per heavy atom. The van der Waals surface area contributed by atoms with Crippen molar-refractivity contribution in [3.05, 3.63) is 99.0 Å². The van der Waals surface area contributed by atoms with Gasteiger partial charge in [-0.1, -0.05) is 47.5 Å². The van der Waals surface area contributed by atoms with Gasteiger partial charge in [-0.25, -0.2) is 13.2 Å². The van der Waals surface area contributed by atoms with Gasteiger partial charge in [-0.05, 0) is 66.1 Å². The molecule has 11 heteroatoms. The molecule has 0 radical (unpaired) electrons. The summed E-state index contributed by atoms with van der Waals surface area (Å²) in [6.07, 6.45) is 1.14. The average molecular weight is 576 g/mol. The van der Waals surface area contributed by atoms with E-state index in [0.29, 0.717) is 34.4 Å². The molecule has 3 aromatic carbocycles. The number of benzene rings is 3. The number of nitrogens with two attached hydrogens (primary N) is 1. The number of hydrogen-bond acceptors (Lipinski definition) is 5. The van der Waals surface area contributed by atoms with Crippen LogP contribution in [0.1, 0.15) is 33.1 Å². The number of anilines is 1. The molecule has 200 valence electrons. The molecule has 38 heavy (non-hydrogen) atoms. The molecule has 3 aromatic rings. The predicted molar refractivity (Wildman–Crippen MR) is 150 cm³/mol. The van der Waals surface area contributed by atoms with Crippen molar-refractivity contribution in [1.82, 2.24) is 9.80 Å². The van der Waals surface area contributed by atoms with Crippen molar-refractivity contribution in [2.75, 3.05) is 30.7 Å².